The second kappa shape index (κ2) is 13.5. The molecule has 0 spiro atoms. The molecule has 0 saturated carbocycles. The van der Waals surface area contributed by atoms with E-state index in [-0.39, 0.29) is 43.0 Å². The third-order valence-electron chi connectivity index (χ3n) is 8.93. The summed E-state index contributed by atoms with van der Waals surface area (Å²) in [5, 5.41) is 18.2. The molecule has 1 aliphatic heterocycles. The van der Waals surface area contributed by atoms with Crippen LogP contribution in [0, 0.1) is 6.92 Å². The van der Waals surface area contributed by atoms with Gasteiger partial charge in [0.1, 0.15) is 5.69 Å². The van der Waals surface area contributed by atoms with E-state index in [0.717, 1.165) is 26.5 Å². The average Bonchev–Trinajstić information content (AvgIpc) is 3.64. The van der Waals surface area contributed by atoms with Crippen molar-refractivity contribution < 1.29 is 14.7 Å². The van der Waals surface area contributed by atoms with E-state index in [9.17, 15) is 19.5 Å². The maximum absolute atomic E-state index is 14.4. The minimum absolute atomic E-state index is 0.0586. The van der Waals surface area contributed by atoms with Gasteiger partial charge in [0.2, 0.25) is 0 Å². The lowest BCUT2D eigenvalue weighted by atomic mass is 10.1. The van der Waals surface area contributed by atoms with E-state index < -0.39 is 12.0 Å². The first-order chi connectivity index (χ1) is 24.1. The van der Waals surface area contributed by atoms with Gasteiger partial charge >= 0.3 is 5.69 Å². The molecule has 7 rings (SSSR count). The van der Waals surface area contributed by atoms with Crippen LogP contribution in [-0.4, -0.2) is 62.8 Å². The molecule has 2 atom stereocenters. The average molecular weight is 736 g/mol. The van der Waals surface area contributed by atoms with Gasteiger partial charge in [-0.3, -0.25) is 23.4 Å². The molecule has 2 amide bonds. The molecule has 0 fully saturated rings. The van der Waals surface area contributed by atoms with E-state index in [1.807, 2.05) is 56.3 Å². The number of fused-ring (bicyclic) bond motifs is 2. The quantitative estimate of drug-likeness (QED) is 0.227. The van der Waals surface area contributed by atoms with Crippen LogP contribution in [0.1, 0.15) is 51.5 Å². The Labute approximate surface area is 296 Å². The topological polar surface area (TPSA) is 140 Å². The van der Waals surface area contributed by atoms with Crippen molar-refractivity contribution in [2.75, 3.05) is 0 Å². The maximum Gasteiger partial charge on any atom is 0.333 e. The summed E-state index contributed by atoms with van der Waals surface area (Å²) in [7, 11) is 0. The van der Waals surface area contributed by atoms with Gasteiger partial charge in [-0.2, -0.15) is 5.10 Å². The summed E-state index contributed by atoms with van der Waals surface area (Å²) in [4.78, 5) is 53.1. The van der Waals surface area contributed by atoms with Crippen molar-refractivity contribution in [3.8, 4) is 17.1 Å². The Balaban J connectivity index is 1.30. The number of aliphatic hydroxyl groups is 1. The molecule has 50 heavy (non-hydrogen) atoms. The van der Waals surface area contributed by atoms with Crippen molar-refractivity contribution >= 4 is 38.6 Å². The summed E-state index contributed by atoms with van der Waals surface area (Å²) in [5.41, 5.74) is 4.42. The lowest BCUT2D eigenvalue weighted by molar-refractivity contribution is 0.0610. The summed E-state index contributed by atoms with van der Waals surface area (Å²) in [5.74, 6) is -0.119. The number of rotatable bonds is 8. The van der Waals surface area contributed by atoms with Gasteiger partial charge in [0.15, 0.2) is 5.82 Å². The predicted molar refractivity (Wildman–Crippen MR) is 192 cm³/mol. The first-order valence-corrected chi connectivity index (χ1v) is 17.1. The molecule has 0 unspecified atom stereocenters. The third kappa shape index (κ3) is 6.25. The van der Waals surface area contributed by atoms with Gasteiger partial charge in [-0.1, -0.05) is 40.2 Å². The number of hydrogen-bond acceptors (Lipinski definition) is 7. The van der Waals surface area contributed by atoms with Crippen molar-refractivity contribution in [1.29, 1.82) is 0 Å². The Morgan fingerprint density at radius 3 is 2.60 bits per heavy atom. The van der Waals surface area contributed by atoms with E-state index in [4.69, 9.17) is 0 Å². The SMILES string of the molecule is Cc1cc(C(=O)N2Cc3c(C(=O)NCc4ccccc4-c4ncccn4)n(-c4ccc5nn(C[C@H](C)O)cc5c4)c(=O)n3C[C@@H]2C)ccc1Br. The van der Waals surface area contributed by atoms with Crippen molar-refractivity contribution in [3.63, 3.8) is 0 Å². The van der Waals surface area contributed by atoms with Crippen LogP contribution in [-0.2, 0) is 26.2 Å². The maximum atomic E-state index is 14.4. The number of nitrogens with one attached hydrogen (secondary N) is 1. The molecule has 0 radical (unpaired) electrons. The Hall–Kier alpha value is -5.40. The lowest BCUT2D eigenvalue weighted by Crippen LogP contribution is -2.47. The highest BCUT2D eigenvalue weighted by Crippen LogP contribution is 2.27. The van der Waals surface area contributed by atoms with Crippen LogP contribution in [0.4, 0.5) is 0 Å². The number of aliphatic hydroxyl groups excluding tert-OH is 1. The summed E-state index contributed by atoms with van der Waals surface area (Å²) in [6, 6.07) is 19.8. The highest BCUT2D eigenvalue weighted by molar-refractivity contribution is 9.10. The van der Waals surface area contributed by atoms with Crippen molar-refractivity contribution in [3.05, 3.63) is 128 Å². The van der Waals surface area contributed by atoms with E-state index in [1.54, 1.807) is 63.9 Å². The molecule has 1 aliphatic rings. The number of nitrogens with zero attached hydrogens (tertiary/aromatic N) is 7. The number of hydrogen-bond donors (Lipinski definition) is 2. The molecule has 3 aromatic heterocycles. The van der Waals surface area contributed by atoms with Crippen LogP contribution in [0.2, 0.25) is 0 Å². The van der Waals surface area contributed by atoms with Crippen LogP contribution in [0.5, 0.6) is 0 Å². The van der Waals surface area contributed by atoms with Gasteiger partial charge in [-0.25, -0.2) is 14.8 Å². The van der Waals surface area contributed by atoms with E-state index in [0.29, 0.717) is 34.8 Å². The van der Waals surface area contributed by atoms with Gasteiger partial charge in [0.25, 0.3) is 11.8 Å². The number of aromatic nitrogens is 6. The summed E-state index contributed by atoms with van der Waals surface area (Å²) >= 11 is 3.51. The van der Waals surface area contributed by atoms with Crippen LogP contribution in [0.15, 0.2) is 94.6 Å². The Morgan fingerprint density at radius 2 is 1.84 bits per heavy atom. The number of carbonyl (C=O) groups excluding carboxylic acids is 2. The summed E-state index contributed by atoms with van der Waals surface area (Å²) in [6.07, 6.45) is 4.54. The normalized spacial score (nSPS) is 14.8. The van der Waals surface area contributed by atoms with Crippen molar-refractivity contribution in [2.45, 2.75) is 59.1 Å². The Morgan fingerprint density at radius 1 is 1.06 bits per heavy atom. The van der Waals surface area contributed by atoms with Gasteiger partial charge in [0.05, 0.1) is 36.1 Å². The van der Waals surface area contributed by atoms with Crippen molar-refractivity contribution in [1.82, 2.24) is 39.1 Å². The fourth-order valence-corrected chi connectivity index (χ4v) is 6.71. The molecule has 254 valence electrons. The van der Waals surface area contributed by atoms with E-state index in [2.05, 4.69) is 36.3 Å². The number of benzene rings is 3. The summed E-state index contributed by atoms with van der Waals surface area (Å²) < 4.78 is 5.58. The second-order valence-corrected chi connectivity index (χ2v) is 13.5. The molecule has 12 nitrogen and oxygen atoms in total. The molecule has 0 saturated heterocycles. The first kappa shape index (κ1) is 33.1. The molecule has 4 heterocycles. The molecular weight excluding hydrogens is 700 g/mol. The fourth-order valence-electron chi connectivity index (χ4n) is 6.46. The molecule has 6 aromatic rings. The Bertz CT molecular complexity index is 2310. The lowest BCUT2D eigenvalue weighted by Gasteiger charge is -2.34. The fraction of sp³-hybridized carbons (Fsp3) is 0.243. The zero-order valence-corrected chi connectivity index (χ0v) is 29.3. The smallest absolute Gasteiger partial charge is 0.333 e. The third-order valence-corrected chi connectivity index (χ3v) is 9.82. The van der Waals surface area contributed by atoms with Gasteiger partial charge in [0, 0.05) is 58.7 Å². The van der Waals surface area contributed by atoms with Gasteiger partial charge in [-0.15, -0.1) is 0 Å². The number of halogens is 1. The van der Waals surface area contributed by atoms with E-state index >= 15 is 0 Å². The zero-order chi connectivity index (χ0) is 35.1. The van der Waals surface area contributed by atoms with Crippen LogP contribution >= 0.6 is 15.9 Å². The molecule has 3 aromatic carbocycles. The molecule has 0 aliphatic carbocycles. The molecule has 2 N–H and O–H groups in total. The number of imidazole rings is 1. The van der Waals surface area contributed by atoms with Crippen LogP contribution in [0.3, 0.4) is 0 Å². The monoisotopic (exact) mass is 734 g/mol. The van der Waals surface area contributed by atoms with Gasteiger partial charge in [-0.05, 0) is 74.4 Å². The largest absolute Gasteiger partial charge is 0.391 e. The second-order valence-electron chi connectivity index (χ2n) is 12.6. The predicted octanol–water partition coefficient (Wildman–Crippen LogP) is 4.87. The zero-order valence-electron chi connectivity index (χ0n) is 27.7. The first-order valence-electron chi connectivity index (χ1n) is 16.3. The highest BCUT2D eigenvalue weighted by Gasteiger charge is 2.35. The van der Waals surface area contributed by atoms with E-state index in [1.165, 1.54) is 4.57 Å². The minimum Gasteiger partial charge on any atom is -0.391 e. The molecular formula is C37H35BrN8O4. The number of carbonyl (C=O) groups is 2. The number of aryl methyl sites for hydroxylation is 1. The van der Waals surface area contributed by atoms with Crippen molar-refractivity contribution in [2.24, 2.45) is 0 Å². The number of amides is 2. The highest BCUT2D eigenvalue weighted by atomic mass is 79.9. The standard InChI is InChI=1S/C37H35BrN8O4/c1-22-15-25(9-11-30(22)38)36(49)44-21-32-33(35(48)41-17-26-7-4-5-8-29(26)34-39-13-6-14-40-34)46(37(50)45(32)18-23(44)2)28-10-12-31-27(16-28)20-43(42-31)19-24(3)47/h4-16,20,23-24,47H,17-19,21H2,1-3H3,(H,41,48)/t23-,24-/m0/s1. The molecule has 0 bridgehead atoms. The van der Waals surface area contributed by atoms with Crippen LogP contribution < -0.4 is 11.0 Å². The Kier molecular flexibility index (Phi) is 8.93. The minimum atomic E-state index is -0.590. The summed E-state index contributed by atoms with van der Waals surface area (Å²) in [6.45, 7) is 6.25. The van der Waals surface area contributed by atoms with Crippen LogP contribution in [0.25, 0.3) is 28.0 Å². The molecule has 13 heteroatoms. The van der Waals surface area contributed by atoms with Gasteiger partial charge < -0.3 is 15.3 Å².